The average Bonchev–Trinajstić information content (AvgIpc) is 3.21. The van der Waals surface area contributed by atoms with Gasteiger partial charge in [-0.25, -0.2) is 0 Å². The first-order valence-corrected chi connectivity index (χ1v) is 12.5. The van der Waals surface area contributed by atoms with Crippen LogP contribution in [0, 0.1) is 0 Å². The molecule has 2 aliphatic heterocycles. The number of aliphatic hydroxyl groups excluding tert-OH is 1. The van der Waals surface area contributed by atoms with Gasteiger partial charge in [0.2, 0.25) is 0 Å². The number of carbonyl (C=O) groups excluding carboxylic acids is 2. The van der Waals surface area contributed by atoms with Gasteiger partial charge in [0.25, 0.3) is 11.7 Å². The summed E-state index contributed by atoms with van der Waals surface area (Å²) < 4.78 is 22.4. The maximum atomic E-state index is 13.4. The summed E-state index contributed by atoms with van der Waals surface area (Å²) in [5.74, 6) is 0.354. The SMILES string of the molecule is CCOc1ccc(C2/C(=C(\O)c3ccc4c(c3)OCCO4)C(=O)C(=O)N2CCc2ccccc2)cc1OC. The molecule has 0 bridgehead atoms. The molecule has 38 heavy (non-hydrogen) atoms. The summed E-state index contributed by atoms with van der Waals surface area (Å²) in [6, 6.07) is 19.1. The van der Waals surface area contributed by atoms with E-state index >= 15 is 0 Å². The fourth-order valence-corrected chi connectivity index (χ4v) is 4.83. The number of hydrogen-bond acceptors (Lipinski definition) is 7. The summed E-state index contributed by atoms with van der Waals surface area (Å²) in [6.45, 7) is 3.43. The summed E-state index contributed by atoms with van der Waals surface area (Å²) in [7, 11) is 1.53. The molecule has 2 heterocycles. The number of hydrogen-bond donors (Lipinski definition) is 1. The molecular formula is C30H29NO7. The minimum absolute atomic E-state index is 0.00551. The van der Waals surface area contributed by atoms with Crippen molar-refractivity contribution in [3.63, 3.8) is 0 Å². The van der Waals surface area contributed by atoms with Crippen molar-refractivity contribution < 1.29 is 33.6 Å². The van der Waals surface area contributed by atoms with E-state index in [1.165, 1.54) is 12.0 Å². The lowest BCUT2D eigenvalue weighted by Crippen LogP contribution is -2.31. The van der Waals surface area contributed by atoms with Crippen LogP contribution >= 0.6 is 0 Å². The van der Waals surface area contributed by atoms with Crippen molar-refractivity contribution in [2.24, 2.45) is 0 Å². The second-order valence-electron chi connectivity index (χ2n) is 8.93. The smallest absolute Gasteiger partial charge is 0.295 e. The summed E-state index contributed by atoms with van der Waals surface area (Å²) in [5.41, 5.74) is 2.02. The van der Waals surface area contributed by atoms with Crippen molar-refractivity contribution in [2.45, 2.75) is 19.4 Å². The van der Waals surface area contributed by atoms with E-state index in [9.17, 15) is 14.7 Å². The zero-order valence-corrected chi connectivity index (χ0v) is 21.3. The third kappa shape index (κ3) is 4.77. The molecule has 1 fully saturated rings. The van der Waals surface area contributed by atoms with Crippen molar-refractivity contribution in [1.29, 1.82) is 0 Å². The normalized spacial score (nSPS) is 17.9. The molecule has 1 N–H and O–H groups in total. The van der Waals surface area contributed by atoms with E-state index in [4.69, 9.17) is 18.9 Å². The van der Waals surface area contributed by atoms with E-state index in [0.29, 0.717) is 60.4 Å². The van der Waals surface area contributed by atoms with Gasteiger partial charge in [0.1, 0.15) is 19.0 Å². The van der Waals surface area contributed by atoms with Gasteiger partial charge in [-0.15, -0.1) is 0 Å². The molecule has 8 heteroatoms. The second-order valence-corrected chi connectivity index (χ2v) is 8.93. The van der Waals surface area contributed by atoms with Gasteiger partial charge >= 0.3 is 0 Å². The number of Topliss-reactive ketones (excluding diaryl/α,β-unsaturated/α-hetero) is 1. The molecule has 0 aromatic heterocycles. The Labute approximate surface area is 221 Å². The summed E-state index contributed by atoms with van der Waals surface area (Å²) in [6.07, 6.45) is 0.544. The summed E-state index contributed by atoms with van der Waals surface area (Å²) in [4.78, 5) is 28.3. The quantitative estimate of drug-likeness (QED) is 0.268. The molecule has 2 aliphatic rings. The fraction of sp³-hybridized carbons (Fsp3) is 0.267. The highest BCUT2D eigenvalue weighted by atomic mass is 16.6. The Kier molecular flexibility index (Phi) is 7.22. The molecule has 5 rings (SSSR count). The van der Waals surface area contributed by atoms with Crippen LogP contribution in [-0.2, 0) is 16.0 Å². The molecule has 1 atom stereocenters. The topological polar surface area (TPSA) is 94.5 Å². The minimum Gasteiger partial charge on any atom is -0.507 e. The lowest BCUT2D eigenvalue weighted by Gasteiger charge is -2.26. The van der Waals surface area contributed by atoms with Crippen LogP contribution in [0.1, 0.15) is 29.7 Å². The van der Waals surface area contributed by atoms with Gasteiger partial charge in [0, 0.05) is 12.1 Å². The maximum Gasteiger partial charge on any atom is 0.295 e. The van der Waals surface area contributed by atoms with Crippen LogP contribution in [0.15, 0.2) is 72.3 Å². The van der Waals surface area contributed by atoms with Gasteiger partial charge in [-0.05, 0) is 54.8 Å². The minimum atomic E-state index is -0.823. The molecular weight excluding hydrogens is 486 g/mol. The number of likely N-dealkylation sites (tertiary alicyclic amines) is 1. The van der Waals surface area contributed by atoms with Gasteiger partial charge in [-0.3, -0.25) is 9.59 Å². The predicted molar refractivity (Wildman–Crippen MR) is 141 cm³/mol. The number of rotatable bonds is 8. The van der Waals surface area contributed by atoms with Crippen molar-refractivity contribution in [3.05, 3.63) is 89.0 Å². The number of carbonyl (C=O) groups is 2. The van der Waals surface area contributed by atoms with Gasteiger partial charge in [0.15, 0.2) is 23.0 Å². The number of aliphatic hydroxyl groups is 1. The number of ketones is 1. The molecule has 0 radical (unpaired) electrons. The highest BCUT2D eigenvalue weighted by Gasteiger charge is 2.46. The highest BCUT2D eigenvalue weighted by molar-refractivity contribution is 6.46. The molecule has 1 saturated heterocycles. The van der Waals surface area contributed by atoms with Gasteiger partial charge < -0.3 is 29.0 Å². The van der Waals surface area contributed by atoms with Crippen LogP contribution in [0.25, 0.3) is 5.76 Å². The van der Waals surface area contributed by atoms with E-state index in [0.717, 1.165) is 5.56 Å². The lowest BCUT2D eigenvalue weighted by atomic mass is 9.94. The molecule has 196 valence electrons. The molecule has 3 aromatic rings. The average molecular weight is 516 g/mol. The van der Waals surface area contributed by atoms with E-state index < -0.39 is 17.7 Å². The van der Waals surface area contributed by atoms with Crippen molar-refractivity contribution in [2.75, 3.05) is 33.5 Å². The Balaban J connectivity index is 1.60. The Morgan fingerprint density at radius 3 is 2.47 bits per heavy atom. The lowest BCUT2D eigenvalue weighted by molar-refractivity contribution is -0.139. The monoisotopic (exact) mass is 515 g/mol. The van der Waals surface area contributed by atoms with E-state index in [1.54, 1.807) is 36.4 Å². The van der Waals surface area contributed by atoms with Crippen LogP contribution in [-0.4, -0.2) is 55.2 Å². The van der Waals surface area contributed by atoms with E-state index in [1.807, 2.05) is 37.3 Å². The number of ether oxygens (including phenoxy) is 4. The first-order chi connectivity index (χ1) is 18.5. The third-order valence-electron chi connectivity index (χ3n) is 6.64. The van der Waals surface area contributed by atoms with E-state index in [2.05, 4.69) is 0 Å². The van der Waals surface area contributed by atoms with Crippen LogP contribution in [0.3, 0.4) is 0 Å². The van der Waals surface area contributed by atoms with Crippen molar-refractivity contribution in [1.82, 2.24) is 4.90 Å². The molecule has 3 aromatic carbocycles. The van der Waals surface area contributed by atoms with Gasteiger partial charge in [0.05, 0.1) is 25.3 Å². The Bertz CT molecular complexity index is 1380. The fourth-order valence-electron chi connectivity index (χ4n) is 4.83. The Morgan fingerprint density at radius 1 is 0.974 bits per heavy atom. The standard InChI is InChI=1S/C30H29NO7/c1-3-36-22-11-9-20(17-24(22)35-2)27-26(28(32)21-10-12-23-25(18-21)38-16-15-37-23)29(33)30(34)31(27)14-13-19-7-5-4-6-8-19/h4-12,17-18,27,32H,3,13-16H2,1-2H3/b28-26+. The molecule has 0 aliphatic carbocycles. The molecule has 0 saturated carbocycles. The first kappa shape index (κ1) is 25.2. The summed E-state index contributed by atoms with van der Waals surface area (Å²) >= 11 is 0. The van der Waals surface area contributed by atoms with E-state index in [-0.39, 0.29) is 17.9 Å². The highest BCUT2D eigenvalue weighted by Crippen LogP contribution is 2.43. The maximum absolute atomic E-state index is 13.4. The Hall–Kier alpha value is -4.46. The number of methoxy groups -OCH3 is 1. The molecule has 8 nitrogen and oxygen atoms in total. The largest absolute Gasteiger partial charge is 0.507 e. The molecule has 1 amide bonds. The first-order valence-electron chi connectivity index (χ1n) is 12.5. The van der Waals surface area contributed by atoms with Crippen molar-refractivity contribution in [3.8, 4) is 23.0 Å². The third-order valence-corrected chi connectivity index (χ3v) is 6.64. The van der Waals surface area contributed by atoms with Crippen LogP contribution in [0.2, 0.25) is 0 Å². The zero-order valence-electron chi connectivity index (χ0n) is 21.3. The summed E-state index contributed by atoms with van der Waals surface area (Å²) in [5, 5.41) is 11.4. The molecule has 0 spiro atoms. The Morgan fingerprint density at radius 2 is 1.74 bits per heavy atom. The predicted octanol–water partition coefficient (Wildman–Crippen LogP) is 4.53. The van der Waals surface area contributed by atoms with Gasteiger partial charge in [-0.2, -0.15) is 0 Å². The number of fused-ring (bicyclic) bond motifs is 1. The zero-order chi connectivity index (χ0) is 26.6. The van der Waals surface area contributed by atoms with Gasteiger partial charge in [-0.1, -0.05) is 36.4 Å². The van der Waals surface area contributed by atoms with Crippen molar-refractivity contribution >= 4 is 17.4 Å². The number of nitrogens with zero attached hydrogens (tertiary/aromatic N) is 1. The number of amides is 1. The number of benzene rings is 3. The van der Waals surface area contributed by atoms with Crippen LogP contribution < -0.4 is 18.9 Å². The molecule has 1 unspecified atom stereocenters. The van der Waals surface area contributed by atoms with Crippen LogP contribution in [0.5, 0.6) is 23.0 Å². The second kappa shape index (κ2) is 10.9. The van der Waals surface area contributed by atoms with Crippen LogP contribution in [0.4, 0.5) is 0 Å².